The maximum Gasteiger partial charge on any atom is 0.304 e. The minimum atomic E-state index is -0.941. The van der Waals surface area contributed by atoms with E-state index in [1.54, 1.807) is 13.8 Å². The van der Waals surface area contributed by atoms with E-state index >= 15 is 0 Å². The van der Waals surface area contributed by atoms with Crippen molar-refractivity contribution in [2.45, 2.75) is 20.3 Å². The molecular formula is C7H13NO3. The summed E-state index contributed by atoms with van der Waals surface area (Å²) in [6, 6.07) is 0. The minimum absolute atomic E-state index is 0.105. The number of aliphatic carboxylic acids is 1. The average Bonchev–Trinajstić information content (AvgIpc) is 1.86. The molecule has 0 radical (unpaired) electrons. The molecule has 0 aliphatic rings. The Hall–Kier alpha value is -1.06. The Morgan fingerprint density at radius 3 is 2.45 bits per heavy atom. The zero-order valence-corrected chi connectivity index (χ0v) is 6.76. The SMILES string of the molecule is CCNC(=O)[C@H](C)CC(=O)O. The smallest absolute Gasteiger partial charge is 0.304 e. The van der Waals surface area contributed by atoms with Crippen LogP contribution in [-0.4, -0.2) is 23.5 Å². The van der Waals surface area contributed by atoms with E-state index in [4.69, 9.17) is 5.11 Å². The quantitative estimate of drug-likeness (QED) is 0.617. The van der Waals surface area contributed by atoms with Gasteiger partial charge >= 0.3 is 5.97 Å². The summed E-state index contributed by atoms with van der Waals surface area (Å²) in [6.45, 7) is 3.94. The van der Waals surface area contributed by atoms with Gasteiger partial charge in [-0.1, -0.05) is 6.92 Å². The molecule has 0 saturated carbocycles. The van der Waals surface area contributed by atoms with E-state index in [0.717, 1.165) is 0 Å². The van der Waals surface area contributed by atoms with Gasteiger partial charge in [-0.05, 0) is 6.92 Å². The Labute approximate surface area is 65.6 Å². The molecule has 64 valence electrons. The van der Waals surface area contributed by atoms with Gasteiger partial charge in [0.15, 0.2) is 0 Å². The first-order valence-electron chi connectivity index (χ1n) is 3.57. The highest BCUT2D eigenvalue weighted by Crippen LogP contribution is 2.00. The first kappa shape index (κ1) is 9.94. The highest BCUT2D eigenvalue weighted by atomic mass is 16.4. The highest BCUT2D eigenvalue weighted by molar-refractivity contribution is 5.82. The number of hydrogen-bond acceptors (Lipinski definition) is 2. The van der Waals surface area contributed by atoms with Crippen molar-refractivity contribution in [1.82, 2.24) is 5.32 Å². The summed E-state index contributed by atoms with van der Waals surface area (Å²) < 4.78 is 0. The minimum Gasteiger partial charge on any atom is -0.481 e. The van der Waals surface area contributed by atoms with E-state index in [0.29, 0.717) is 6.54 Å². The first-order valence-corrected chi connectivity index (χ1v) is 3.57. The number of carboxylic acid groups (broad SMARTS) is 1. The Morgan fingerprint density at radius 1 is 1.55 bits per heavy atom. The lowest BCUT2D eigenvalue weighted by Crippen LogP contribution is -2.30. The fourth-order valence-corrected chi connectivity index (χ4v) is 0.703. The average molecular weight is 159 g/mol. The summed E-state index contributed by atoms with van der Waals surface area (Å²) in [5, 5.41) is 10.9. The van der Waals surface area contributed by atoms with Crippen molar-refractivity contribution >= 4 is 11.9 Å². The van der Waals surface area contributed by atoms with Crippen LogP contribution in [-0.2, 0) is 9.59 Å². The molecule has 0 aliphatic heterocycles. The number of hydrogen-bond donors (Lipinski definition) is 2. The molecule has 0 bridgehead atoms. The van der Waals surface area contributed by atoms with Crippen LogP contribution in [0.1, 0.15) is 20.3 Å². The van der Waals surface area contributed by atoms with Crippen LogP contribution in [0.5, 0.6) is 0 Å². The molecular weight excluding hydrogens is 146 g/mol. The standard InChI is InChI=1S/C7H13NO3/c1-3-8-7(11)5(2)4-6(9)10/h5H,3-4H2,1-2H3,(H,8,11)(H,9,10)/t5-/m1/s1. The van der Waals surface area contributed by atoms with E-state index < -0.39 is 11.9 Å². The predicted octanol–water partition coefficient (Wildman–Crippen LogP) is 0.233. The Morgan fingerprint density at radius 2 is 2.09 bits per heavy atom. The molecule has 2 N–H and O–H groups in total. The van der Waals surface area contributed by atoms with Crippen LogP contribution in [0.25, 0.3) is 0 Å². The van der Waals surface area contributed by atoms with E-state index in [1.165, 1.54) is 0 Å². The van der Waals surface area contributed by atoms with Gasteiger partial charge < -0.3 is 10.4 Å². The second-order valence-corrected chi connectivity index (χ2v) is 2.39. The lowest BCUT2D eigenvalue weighted by molar-refractivity contribution is -0.140. The van der Waals surface area contributed by atoms with Crippen molar-refractivity contribution in [3.8, 4) is 0 Å². The van der Waals surface area contributed by atoms with E-state index in [9.17, 15) is 9.59 Å². The lowest BCUT2D eigenvalue weighted by atomic mass is 10.1. The summed E-state index contributed by atoms with van der Waals surface area (Å²) in [4.78, 5) is 21.0. The first-order chi connectivity index (χ1) is 5.07. The number of carbonyl (C=O) groups excluding carboxylic acids is 1. The molecule has 4 nitrogen and oxygen atoms in total. The number of nitrogens with one attached hydrogen (secondary N) is 1. The van der Waals surface area contributed by atoms with Gasteiger partial charge in [-0.15, -0.1) is 0 Å². The van der Waals surface area contributed by atoms with Crippen molar-refractivity contribution < 1.29 is 14.7 Å². The maximum absolute atomic E-state index is 10.9. The molecule has 0 aromatic heterocycles. The van der Waals surface area contributed by atoms with Crippen LogP contribution in [0, 0.1) is 5.92 Å². The van der Waals surface area contributed by atoms with Gasteiger partial charge in [0.1, 0.15) is 0 Å². The molecule has 0 heterocycles. The molecule has 0 aromatic rings. The molecule has 4 heteroatoms. The van der Waals surface area contributed by atoms with Crippen LogP contribution in [0.15, 0.2) is 0 Å². The molecule has 0 rings (SSSR count). The van der Waals surface area contributed by atoms with Crippen LogP contribution < -0.4 is 5.32 Å². The highest BCUT2D eigenvalue weighted by Gasteiger charge is 2.14. The summed E-state index contributed by atoms with van der Waals surface area (Å²) in [5.74, 6) is -1.58. The Balaban J connectivity index is 3.73. The van der Waals surface area contributed by atoms with Gasteiger partial charge in [-0.3, -0.25) is 9.59 Å². The molecule has 0 fully saturated rings. The van der Waals surface area contributed by atoms with Crippen molar-refractivity contribution in [2.24, 2.45) is 5.92 Å². The Bertz CT molecular complexity index is 156. The van der Waals surface area contributed by atoms with Crippen molar-refractivity contribution in [2.75, 3.05) is 6.54 Å². The van der Waals surface area contributed by atoms with Gasteiger partial charge in [-0.2, -0.15) is 0 Å². The van der Waals surface area contributed by atoms with Crippen LogP contribution in [0.2, 0.25) is 0 Å². The predicted molar refractivity (Wildman–Crippen MR) is 40.1 cm³/mol. The third-order valence-electron chi connectivity index (χ3n) is 1.28. The fourth-order valence-electron chi connectivity index (χ4n) is 0.703. The summed E-state index contributed by atoms with van der Waals surface area (Å²) in [6.07, 6.45) is -0.105. The second-order valence-electron chi connectivity index (χ2n) is 2.39. The molecule has 1 amide bonds. The zero-order chi connectivity index (χ0) is 8.85. The molecule has 0 spiro atoms. The number of rotatable bonds is 4. The monoisotopic (exact) mass is 159 g/mol. The molecule has 0 aromatic carbocycles. The van der Waals surface area contributed by atoms with Gasteiger partial charge in [0.05, 0.1) is 6.42 Å². The fraction of sp³-hybridized carbons (Fsp3) is 0.714. The number of carbonyl (C=O) groups is 2. The van der Waals surface area contributed by atoms with Crippen molar-refractivity contribution in [3.05, 3.63) is 0 Å². The number of carboxylic acids is 1. The van der Waals surface area contributed by atoms with Crippen LogP contribution in [0.4, 0.5) is 0 Å². The largest absolute Gasteiger partial charge is 0.481 e. The summed E-state index contributed by atoms with van der Waals surface area (Å²) >= 11 is 0. The normalized spacial score (nSPS) is 12.2. The van der Waals surface area contributed by atoms with Gasteiger partial charge in [0.2, 0.25) is 5.91 Å². The summed E-state index contributed by atoms with van der Waals surface area (Å²) in [5.41, 5.74) is 0. The number of amides is 1. The second kappa shape index (κ2) is 4.71. The zero-order valence-electron chi connectivity index (χ0n) is 6.76. The van der Waals surface area contributed by atoms with Gasteiger partial charge in [-0.25, -0.2) is 0 Å². The topological polar surface area (TPSA) is 66.4 Å². The van der Waals surface area contributed by atoms with E-state index in [1.807, 2.05) is 0 Å². The van der Waals surface area contributed by atoms with Crippen molar-refractivity contribution in [1.29, 1.82) is 0 Å². The van der Waals surface area contributed by atoms with Gasteiger partial charge in [0.25, 0.3) is 0 Å². The van der Waals surface area contributed by atoms with E-state index in [2.05, 4.69) is 5.32 Å². The maximum atomic E-state index is 10.9. The van der Waals surface area contributed by atoms with Crippen LogP contribution >= 0.6 is 0 Å². The van der Waals surface area contributed by atoms with Gasteiger partial charge in [0, 0.05) is 12.5 Å². The molecule has 1 atom stereocenters. The molecule has 0 aliphatic carbocycles. The lowest BCUT2D eigenvalue weighted by Gasteiger charge is -2.07. The van der Waals surface area contributed by atoms with Crippen molar-refractivity contribution in [3.63, 3.8) is 0 Å². The third kappa shape index (κ3) is 4.36. The summed E-state index contributed by atoms with van der Waals surface area (Å²) in [7, 11) is 0. The molecule has 11 heavy (non-hydrogen) atoms. The third-order valence-corrected chi connectivity index (χ3v) is 1.28. The Kier molecular flexibility index (Phi) is 4.26. The van der Waals surface area contributed by atoms with Crippen LogP contribution in [0.3, 0.4) is 0 Å². The molecule has 0 saturated heterocycles. The molecule has 0 unspecified atom stereocenters. The van der Waals surface area contributed by atoms with E-state index in [-0.39, 0.29) is 12.3 Å².